The molecule has 1 N–H and O–H groups in total. The number of benzene rings is 8. The molecule has 10 nitrogen and oxygen atoms in total. The second kappa shape index (κ2) is 18.4. The highest BCUT2D eigenvalue weighted by Crippen LogP contribution is 2.34. The van der Waals surface area contributed by atoms with Gasteiger partial charge in [0.25, 0.3) is 0 Å². The summed E-state index contributed by atoms with van der Waals surface area (Å²) in [7, 11) is 3.27. The van der Waals surface area contributed by atoms with Crippen LogP contribution in [0.1, 0.15) is 0 Å². The Balaban J connectivity index is 0.000000128. The molecule has 0 saturated heterocycles. The minimum atomic E-state index is 0.459. The van der Waals surface area contributed by atoms with E-state index in [0.717, 1.165) is 54.0 Å². The highest BCUT2D eigenvalue weighted by molar-refractivity contribution is 14.1. The number of hydrogen-bond acceptors (Lipinski definition) is 8. The molecule has 0 unspecified atom stereocenters. The van der Waals surface area contributed by atoms with E-state index in [9.17, 15) is 0 Å². The molecule has 0 radical (unpaired) electrons. The lowest BCUT2D eigenvalue weighted by atomic mass is 10.2. The van der Waals surface area contributed by atoms with Crippen LogP contribution < -0.4 is 9.47 Å². The predicted molar refractivity (Wildman–Crippen MR) is 266 cm³/mol. The van der Waals surface area contributed by atoms with Crippen molar-refractivity contribution in [1.29, 1.82) is 0 Å². The van der Waals surface area contributed by atoms with Gasteiger partial charge in [-0.25, -0.2) is 0 Å². The average molecular weight is 963 g/mol. The maximum absolute atomic E-state index is 6.02. The molecule has 4 aromatic heterocycles. The van der Waals surface area contributed by atoms with Gasteiger partial charge in [0.1, 0.15) is 11.5 Å². The Morgan fingerprint density at radius 3 is 1.29 bits per heavy atom. The minimum absolute atomic E-state index is 0.459. The molecule has 12 aromatic rings. The third kappa shape index (κ3) is 8.56. The zero-order valence-electron chi connectivity index (χ0n) is 35.2. The fraction of sp³-hybridized carbons (Fsp3) is 0.0370. The van der Waals surface area contributed by atoms with Gasteiger partial charge in [-0.3, -0.25) is 0 Å². The van der Waals surface area contributed by atoms with Crippen LogP contribution in [0.25, 0.3) is 95.1 Å². The van der Waals surface area contributed by atoms with E-state index in [1.165, 1.54) is 32.6 Å². The van der Waals surface area contributed by atoms with E-state index < -0.39 is 0 Å². The Morgan fingerprint density at radius 1 is 0.415 bits per heavy atom. The van der Waals surface area contributed by atoms with E-state index in [4.69, 9.17) is 18.3 Å². The largest absolute Gasteiger partial charge is 0.497 e. The molecule has 65 heavy (non-hydrogen) atoms. The molecule has 12 rings (SSSR count). The van der Waals surface area contributed by atoms with Crippen LogP contribution in [-0.2, 0) is 0 Å². The first-order valence-corrected chi connectivity index (χ1v) is 21.9. The molecule has 0 fully saturated rings. The van der Waals surface area contributed by atoms with E-state index in [0.29, 0.717) is 23.6 Å². The van der Waals surface area contributed by atoms with Gasteiger partial charge >= 0.3 is 0 Å². The Bertz CT molecular complexity index is 3490. The van der Waals surface area contributed by atoms with E-state index in [1.807, 2.05) is 84.9 Å². The standard InChI is InChI=1S/C27H19N3O2.C15H11IN2O2.C12H9N/c1-31-21-11-7-9-19(17-21)27-29-28-26(32-27)18-8-6-10-20(16-18)30-24-14-4-2-12-22(24)23-13-3-5-15-25(23)30;1-19-13-7-3-5-11(9-13)15-18-17-14(20-15)10-4-2-6-12(16)8-10;1-3-7-11-9(5-1)10-6-2-4-8-12(10)13-11/h2-17H,1H3;2-9H,1H3;1-8,13H. The summed E-state index contributed by atoms with van der Waals surface area (Å²) in [5, 5.41) is 21.8. The summed E-state index contributed by atoms with van der Waals surface area (Å²) in [6.45, 7) is 0. The predicted octanol–water partition coefficient (Wildman–Crippen LogP) is 13.8. The number of aromatic amines is 1. The summed E-state index contributed by atoms with van der Waals surface area (Å²) < 4.78 is 25.6. The number of nitrogens with one attached hydrogen (secondary N) is 1. The average Bonchev–Trinajstić information content (AvgIpc) is 4.20. The maximum atomic E-state index is 6.02. The van der Waals surface area contributed by atoms with Crippen molar-refractivity contribution < 1.29 is 18.3 Å². The Kier molecular flexibility index (Phi) is 11.6. The molecule has 0 bridgehead atoms. The number of H-pyrrole nitrogens is 1. The van der Waals surface area contributed by atoms with Crippen molar-refractivity contribution >= 4 is 66.2 Å². The zero-order valence-corrected chi connectivity index (χ0v) is 37.4. The lowest BCUT2D eigenvalue weighted by molar-refractivity contribution is 0.414. The molecule has 11 heteroatoms. The van der Waals surface area contributed by atoms with Crippen LogP contribution >= 0.6 is 22.6 Å². The summed E-state index contributed by atoms with van der Waals surface area (Å²) in [4.78, 5) is 3.38. The molecule has 0 aliphatic rings. The number of fused-ring (bicyclic) bond motifs is 6. The number of rotatable bonds is 7. The second-order valence-corrected chi connectivity index (χ2v) is 16.2. The smallest absolute Gasteiger partial charge is 0.248 e. The molecule has 8 aromatic carbocycles. The van der Waals surface area contributed by atoms with Gasteiger partial charge in [0.15, 0.2) is 0 Å². The molecular formula is C54H39IN6O4. The number of methoxy groups -OCH3 is 2. The Labute approximate surface area is 387 Å². The molecule has 0 atom stereocenters. The van der Waals surface area contributed by atoms with Crippen molar-refractivity contribution in [3.8, 4) is 63.0 Å². The fourth-order valence-electron chi connectivity index (χ4n) is 7.82. The van der Waals surface area contributed by atoms with Gasteiger partial charge in [-0.05, 0) is 120 Å². The number of ether oxygens (including phenoxy) is 2. The number of hydrogen-bond donors (Lipinski definition) is 1. The Morgan fingerprint density at radius 2 is 0.815 bits per heavy atom. The minimum Gasteiger partial charge on any atom is -0.497 e. The van der Waals surface area contributed by atoms with E-state index in [-0.39, 0.29) is 0 Å². The van der Waals surface area contributed by atoms with Gasteiger partial charge in [0.05, 0.1) is 25.3 Å². The second-order valence-electron chi connectivity index (χ2n) is 14.9. The van der Waals surface area contributed by atoms with Crippen LogP contribution in [0.2, 0.25) is 0 Å². The lowest BCUT2D eigenvalue weighted by Crippen LogP contribution is -1.94. The van der Waals surface area contributed by atoms with Crippen molar-refractivity contribution in [2.45, 2.75) is 0 Å². The van der Waals surface area contributed by atoms with Gasteiger partial charge in [0.2, 0.25) is 23.6 Å². The molecular weight excluding hydrogens is 924 g/mol. The van der Waals surface area contributed by atoms with Gasteiger partial charge in [-0.2, -0.15) is 0 Å². The number of aromatic nitrogens is 6. The van der Waals surface area contributed by atoms with Crippen molar-refractivity contribution in [2.75, 3.05) is 14.2 Å². The Hall–Kier alpha value is -8.03. The number of halogens is 1. The van der Waals surface area contributed by atoms with Crippen LogP contribution in [-0.4, -0.2) is 44.2 Å². The maximum Gasteiger partial charge on any atom is 0.248 e. The third-order valence-electron chi connectivity index (χ3n) is 10.9. The fourth-order valence-corrected chi connectivity index (χ4v) is 8.37. The molecule has 0 aliphatic carbocycles. The zero-order chi connectivity index (χ0) is 44.1. The summed E-state index contributed by atoms with van der Waals surface area (Å²) in [5.41, 5.74) is 9.23. The number of para-hydroxylation sites is 4. The quantitative estimate of drug-likeness (QED) is 0.157. The van der Waals surface area contributed by atoms with Crippen molar-refractivity contribution in [3.63, 3.8) is 0 Å². The van der Waals surface area contributed by atoms with Gasteiger partial charge in [-0.1, -0.05) is 97.1 Å². The summed E-state index contributed by atoms with van der Waals surface area (Å²) in [6, 6.07) is 64.9. The summed E-state index contributed by atoms with van der Waals surface area (Å²) >= 11 is 2.25. The van der Waals surface area contributed by atoms with Crippen molar-refractivity contribution in [2.24, 2.45) is 0 Å². The van der Waals surface area contributed by atoms with Gasteiger partial charge < -0.3 is 27.9 Å². The molecule has 0 saturated carbocycles. The molecule has 4 heterocycles. The topological polar surface area (TPSA) is 117 Å². The van der Waals surface area contributed by atoms with Crippen LogP contribution in [0.15, 0.2) is 203 Å². The summed E-state index contributed by atoms with van der Waals surface area (Å²) in [5.74, 6) is 3.44. The SMILES string of the molecule is COc1cccc(-c2nnc(-c3cccc(-n4c5ccccc5c5ccccc54)c3)o2)c1.COc1cccc(-c2nnc(-c3cccc(I)c3)o2)c1.c1ccc2c(c1)[nH]c1ccccc12. The molecule has 0 amide bonds. The normalized spacial score (nSPS) is 11.0. The highest BCUT2D eigenvalue weighted by atomic mass is 127. The first-order chi connectivity index (χ1) is 32.0. The number of nitrogens with zero attached hydrogens (tertiary/aromatic N) is 5. The van der Waals surface area contributed by atoms with E-state index >= 15 is 0 Å². The van der Waals surface area contributed by atoms with Crippen LogP contribution in [0.5, 0.6) is 11.5 Å². The van der Waals surface area contributed by atoms with E-state index in [2.05, 4.69) is 162 Å². The third-order valence-corrected chi connectivity index (χ3v) is 11.6. The van der Waals surface area contributed by atoms with Crippen LogP contribution in [0, 0.1) is 3.57 Å². The van der Waals surface area contributed by atoms with Crippen molar-refractivity contribution in [1.82, 2.24) is 29.9 Å². The van der Waals surface area contributed by atoms with E-state index in [1.54, 1.807) is 14.2 Å². The molecule has 316 valence electrons. The van der Waals surface area contributed by atoms with Gasteiger partial charge in [-0.15, -0.1) is 20.4 Å². The van der Waals surface area contributed by atoms with Crippen LogP contribution in [0.3, 0.4) is 0 Å². The van der Waals surface area contributed by atoms with Crippen molar-refractivity contribution in [3.05, 3.63) is 198 Å². The lowest BCUT2D eigenvalue weighted by Gasteiger charge is -2.08. The first-order valence-electron chi connectivity index (χ1n) is 20.8. The monoisotopic (exact) mass is 962 g/mol. The van der Waals surface area contributed by atoms with Crippen LogP contribution in [0.4, 0.5) is 0 Å². The van der Waals surface area contributed by atoms with Gasteiger partial charge in [0, 0.05) is 64.1 Å². The highest BCUT2D eigenvalue weighted by Gasteiger charge is 2.16. The molecule has 0 aliphatic heterocycles. The molecule has 0 spiro atoms. The summed E-state index contributed by atoms with van der Waals surface area (Å²) in [6.07, 6.45) is 0. The first kappa shape index (κ1) is 41.0.